The molecule has 1 heterocycles. The fourth-order valence-corrected chi connectivity index (χ4v) is 0.793. The molecule has 12 heavy (non-hydrogen) atoms. The molecule has 0 fully saturated rings. The van der Waals surface area contributed by atoms with E-state index in [2.05, 4.69) is 9.97 Å². The minimum atomic E-state index is -4.50. The van der Waals surface area contributed by atoms with Gasteiger partial charge in [-0.15, -0.1) is 0 Å². The van der Waals surface area contributed by atoms with E-state index in [4.69, 9.17) is 0 Å². The van der Waals surface area contributed by atoms with Gasteiger partial charge in [-0.05, 0) is 6.07 Å². The van der Waals surface area contributed by atoms with Crippen molar-refractivity contribution < 1.29 is 42.5 Å². The molecule has 60 valence electrons. The molecule has 0 saturated heterocycles. The molecule has 0 unspecified atom stereocenters. The van der Waals surface area contributed by atoms with Gasteiger partial charge in [-0.2, -0.15) is 0 Å². The van der Waals surface area contributed by atoms with Crippen LogP contribution in [0, 0.1) is 0 Å². The minimum Gasteiger partial charge on any atom is -0.731 e. The van der Waals surface area contributed by atoms with Gasteiger partial charge in [0.15, 0.2) is 10.3 Å². The van der Waals surface area contributed by atoms with Gasteiger partial charge in [0.05, 0.1) is 0 Å². The number of rotatable bonds is 2. The zero-order chi connectivity index (χ0) is 8.32. The van der Waals surface area contributed by atoms with Gasteiger partial charge in [-0.3, -0.25) is 4.72 Å². The average molecular weight is 197 g/mol. The molecule has 8 heteroatoms. The second-order valence-electron chi connectivity index (χ2n) is 1.63. The van der Waals surface area contributed by atoms with Crippen molar-refractivity contribution in [2.45, 2.75) is 0 Å². The maximum atomic E-state index is 10.1. The Morgan fingerprint density at radius 3 is 2.25 bits per heavy atom. The van der Waals surface area contributed by atoms with Crippen LogP contribution in [-0.2, 0) is 10.3 Å². The summed E-state index contributed by atoms with van der Waals surface area (Å²) in [6.45, 7) is 0. The van der Waals surface area contributed by atoms with Crippen molar-refractivity contribution >= 4 is 16.3 Å². The molecule has 1 N–H and O–H groups in total. The van der Waals surface area contributed by atoms with Gasteiger partial charge in [0.2, 0.25) is 5.95 Å². The first-order valence-electron chi connectivity index (χ1n) is 2.58. The van der Waals surface area contributed by atoms with Gasteiger partial charge in [0.1, 0.15) is 0 Å². The summed E-state index contributed by atoms with van der Waals surface area (Å²) >= 11 is 0. The minimum absolute atomic E-state index is 0. The predicted molar refractivity (Wildman–Crippen MR) is 35.4 cm³/mol. The van der Waals surface area contributed by atoms with E-state index in [0.29, 0.717) is 0 Å². The van der Waals surface area contributed by atoms with Gasteiger partial charge in [0, 0.05) is 12.4 Å². The van der Waals surface area contributed by atoms with Crippen LogP contribution in [0.15, 0.2) is 18.5 Å². The quantitative estimate of drug-likeness (QED) is 0.389. The third-order valence-electron chi connectivity index (χ3n) is 0.782. The topological polar surface area (TPSA) is 95.0 Å². The third-order valence-corrected chi connectivity index (χ3v) is 1.21. The Morgan fingerprint density at radius 1 is 1.33 bits per heavy atom. The number of aromatic nitrogens is 2. The Labute approximate surface area is 91.6 Å². The van der Waals surface area contributed by atoms with Crippen LogP contribution in [-0.4, -0.2) is 22.9 Å². The number of nitrogens with zero attached hydrogens (tertiary/aromatic N) is 2. The third kappa shape index (κ3) is 4.62. The molecular weight excluding hydrogens is 193 g/mol. The maximum Gasteiger partial charge on any atom is 1.00 e. The largest absolute Gasteiger partial charge is 1.00 e. The van der Waals surface area contributed by atoms with Crippen LogP contribution in [0.5, 0.6) is 0 Å². The molecule has 1 aromatic heterocycles. The van der Waals surface area contributed by atoms with Gasteiger partial charge in [0.25, 0.3) is 0 Å². The van der Waals surface area contributed by atoms with Crippen molar-refractivity contribution in [3.05, 3.63) is 18.5 Å². The standard InChI is InChI=1S/C4H5N3O3S.Na/c8-11(9,10)7-4-5-2-1-3-6-4;/h1-3H,(H,5,6,7)(H,8,9,10);/q;+1/p-1. The van der Waals surface area contributed by atoms with E-state index in [-0.39, 0.29) is 35.5 Å². The van der Waals surface area contributed by atoms with Gasteiger partial charge >= 0.3 is 29.6 Å². The van der Waals surface area contributed by atoms with Crippen LogP contribution in [0.1, 0.15) is 0 Å². The monoisotopic (exact) mass is 197 g/mol. The van der Waals surface area contributed by atoms with E-state index < -0.39 is 10.3 Å². The van der Waals surface area contributed by atoms with Crippen LogP contribution in [0.2, 0.25) is 0 Å². The molecule has 1 rings (SSSR count). The van der Waals surface area contributed by atoms with Gasteiger partial charge < -0.3 is 4.55 Å². The van der Waals surface area contributed by atoms with Crippen LogP contribution in [0.25, 0.3) is 0 Å². The number of hydrogen-bond acceptors (Lipinski definition) is 5. The summed E-state index contributed by atoms with van der Waals surface area (Å²) in [5.74, 6) is -0.220. The molecule has 0 atom stereocenters. The van der Waals surface area contributed by atoms with E-state index >= 15 is 0 Å². The molecule has 0 amide bonds. The van der Waals surface area contributed by atoms with Crippen molar-refractivity contribution in [2.24, 2.45) is 0 Å². The van der Waals surface area contributed by atoms with E-state index in [1.54, 1.807) is 4.72 Å². The summed E-state index contributed by atoms with van der Waals surface area (Å²) in [7, 11) is -4.50. The number of hydrogen-bond donors (Lipinski definition) is 1. The first-order valence-corrected chi connectivity index (χ1v) is 3.99. The summed E-state index contributed by atoms with van der Waals surface area (Å²) < 4.78 is 31.7. The molecule has 0 aliphatic rings. The van der Waals surface area contributed by atoms with E-state index in [0.717, 1.165) is 0 Å². The van der Waals surface area contributed by atoms with Crippen molar-refractivity contribution in [3.63, 3.8) is 0 Å². The summed E-state index contributed by atoms with van der Waals surface area (Å²) in [4.78, 5) is 6.93. The summed E-state index contributed by atoms with van der Waals surface area (Å²) in [6, 6.07) is 1.50. The van der Waals surface area contributed by atoms with Gasteiger partial charge in [-0.25, -0.2) is 18.4 Å². The average Bonchev–Trinajstić information content (AvgIpc) is 1.85. The second kappa shape index (κ2) is 4.73. The number of anilines is 1. The molecule has 0 aliphatic heterocycles. The van der Waals surface area contributed by atoms with Gasteiger partial charge in [-0.1, -0.05) is 0 Å². The van der Waals surface area contributed by atoms with Crippen LogP contribution in [0.4, 0.5) is 5.95 Å². The Morgan fingerprint density at radius 2 is 1.83 bits per heavy atom. The van der Waals surface area contributed by atoms with Crippen LogP contribution >= 0.6 is 0 Å². The number of nitrogens with one attached hydrogen (secondary N) is 1. The van der Waals surface area contributed by atoms with E-state index in [9.17, 15) is 13.0 Å². The Hall–Kier alpha value is -0.210. The molecule has 6 nitrogen and oxygen atoms in total. The molecular formula is C4H4N3NaO3S. The first-order chi connectivity index (χ1) is 5.08. The Kier molecular flexibility index (Phi) is 4.64. The summed E-state index contributed by atoms with van der Waals surface area (Å²) in [5.41, 5.74) is 0. The van der Waals surface area contributed by atoms with Crippen molar-refractivity contribution in [1.29, 1.82) is 0 Å². The zero-order valence-electron chi connectivity index (χ0n) is 6.26. The first kappa shape index (κ1) is 11.8. The Bertz CT molecular complexity index is 327. The second-order valence-corrected chi connectivity index (χ2v) is 2.74. The van der Waals surface area contributed by atoms with Crippen molar-refractivity contribution in [1.82, 2.24) is 9.97 Å². The predicted octanol–water partition coefficient (Wildman–Crippen LogP) is -3.65. The van der Waals surface area contributed by atoms with Crippen LogP contribution < -0.4 is 34.3 Å². The van der Waals surface area contributed by atoms with E-state index in [1.807, 2.05) is 0 Å². The smallest absolute Gasteiger partial charge is 0.731 e. The van der Waals surface area contributed by atoms with E-state index in [1.165, 1.54) is 18.5 Å². The molecule has 0 aromatic carbocycles. The maximum absolute atomic E-state index is 10.1. The molecule has 0 radical (unpaired) electrons. The zero-order valence-corrected chi connectivity index (χ0v) is 9.08. The molecule has 1 aromatic rings. The van der Waals surface area contributed by atoms with Crippen molar-refractivity contribution in [2.75, 3.05) is 4.72 Å². The fraction of sp³-hybridized carbons (Fsp3) is 0. The molecule has 0 aliphatic carbocycles. The normalized spacial score (nSPS) is 10.1. The molecule has 0 bridgehead atoms. The van der Waals surface area contributed by atoms with Crippen LogP contribution in [0.3, 0.4) is 0 Å². The fourth-order valence-electron chi connectivity index (χ4n) is 0.464. The SMILES string of the molecule is O=S(=O)([O-])Nc1ncccn1.[Na+]. The molecule has 0 spiro atoms. The summed E-state index contributed by atoms with van der Waals surface area (Å²) in [5, 5.41) is 0. The molecule has 0 saturated carbocycles. The summed E-state index contributed by atoms with van der Waals surface area (Å²) in [6.07, 6.45) is 2.64. The Balaban J connectivity index is 0.00000121. The van der Waals surface area contributed by atoms with Crippen molar-refractivity contribution in [3.8, 4) is 0 Å².